The number of hydrogen-bond acceptors (Lipinski definition) is 2. The van der Waals surface area contributed by atoms with Crippen LogP contribution in [0.15, 0.2) is 0 Å². The summed E-state index contributed by atoms with van der Waals surface area (Å²) in [6.45, 7) is 2.25. The van der Waals surface area contributed by atoms with E-state index in [4.69, 9.17) is 0 Å². The van der Waals surface area contributed by atoms with Gasteiger partial charge in [0.2, 0.25) is 0 Å². The normalized spacial score (nSPS) is 23.4. The fourth-order valence-electron chi connectivity index (χ4n) is 3.09. The molecule has 20 heavy (non-hydrogen) atoms. The van der Waals surface area contributed by atoms with Crippen molar-refractivity contribution in [3.05, 3.63) is 0 Å². The quantitative estimate of drug-likeness (QED) is 0.678. The van der Waals surface area contributed by atoms with Crippen molar-refractivity contribution >= 4 is 12.0 Å². The van der Waals surface area contributed by atoms with Crippen LogP contribution >= 0.6 is 0 Å². The van der Waals surface area contributed by atoms with Crippen LogP contribution < -0.4 is 10.6 Å². The van der Waals surface area contributed by atoms with Gasteiger partial charge in [-0.15, -0.1) is 0 Å². The van der Waals surface area contributed by atoms with E-state index in [-0.39, 0.29) is 18.6 Å². The van der Waals surface area contributed by atoms with Crippen molar-refractivity contribution in [3.63, 3.8) is 0 Å². The molecule has 2 amide bonds. The Hall–Kier alpha value is -1.26. The topological polar surface area (TPSA) is 78.4 Å². The molecular weight excluding hydrogens is 256 g/mol. The maximum atomic E-state index is 11.9. The highest BCUT2D eigenvalue weighted by Gasteiger charge is 2.39. The summed E-state index contributed by atoms with van der Waals surface area (Å²) in [5.41, 5.74) is -0.767. The maximum Gasteiger partial charge on any atom is 0.315 e. The number of rotatable bonds is 5. The number of carboxylic acids is 1. The van der Waals surface area contributed by atoms with Gasteiger partial charge in [-0.2, -0.15) is 0 Å². The lowest BCUT2D eigenvalue weighted by Crippen LogP contribution is -2.48. The Balaban J connectivity index is 1.84. The van der Waals surface area contributed by atoms with E-state index in [9.17, 15) is 14.7 Å². The molecule has 2 aliphatic rings. The van der Waals surface area contributed by atoms with E-state index in [1.165, 1.54) is 12.8 Å². The third-order valence-corrected chi connectivity index (χ3v) is 4.79. The molecule has 2 fully saturated rings. The van der Waals surface area contributed by atoms with Crippen molar-refractivity contribution < 1.29 is 14.7 Å². The average molecular weight is 282 g/mol. The van der Waals surface area contributed by atoms with Crippen molar-refractivity contribution in [3.8, 4) is 0 Å². The lowest BCUT2D eigenvalue weighted by Gasteiger charge is -2.28. The van der Waals surface area contributed by atoms with Crippen LogP contribution in [0, 0.1) is 11.3 Å². The molecule has 5 nitrogen and oxygen atoms in total. The monoisotopic (exact) mass is 282 g/mol. The number of carbonyl (C=O) groups excluding carboxylic acids is 1. The van der Waals surface area contributed by atoms with Gasteiger partial charge in [0.15, 0.2) is 0 Å². The van der Waals surface area contributed by atoms with Crippen molar-refractivity contribution in [2.75, 3.05) is 6.54 Å². The molecule has 0 spiro atoms. The minimum Gasteiger partial charge on any atom is -0.481 e. The Morgan fingerprint density at radius 1 is 1.20 bits per heavy atom. The van der Waals surface area contributed by atoms with Crippen LogP contribution in [0.1, 0.15) is 58.3 Å². The number of aliphatic carboxylic acids is 1. The zero-order chi connectivity index (χ0) is 14.6. The Morgan fingerprint density at radius 3 is 2.30 bits per heavy atom. The third kappa shape index (κ3) is 3.87. The van der Waals surface area contributed by atoms with Crippen molar-refractivity contribution in [2.45, 2.75) is 64.3 Å². The first-order chi connectivity index (χ1) is 9.53. The number of urea groups is 1. The summed E-state index contributed by atoms with van der Waals surface area (Å²) in [6, 6.07) is -0.0424. The second kappa shape index (κ2) is 6.46. The molecule has 0 aliphatic heterocycles. The van der Waals surface area contributed by atoms with Gasteiger partial charge >= 0.3 is 12.0 Å². The summed E-state index contributed by atoms with van der Waals surface area (Å²) in [7, 11) is 0. The molecular formula is C15H26N2O3. The molecule has 0 radical (unpaired) electrons. The first-order valence-electron chi connectivity index (χ1n) is 7.81. The van der Waals surface area contributed by atoms with Crippen LogP contribution in [0.4, 0.5) is 4.79 Å². The van der Waals surface area contributed by atoms with E-state index in [1.807, 2.05) is 6.92 Å². The Morgan fingerprint density at radius 2 is 1.80 bits per heavy atom. The second-order valence-electron chi connectivity index (χ2n) is 6.45. The molecule has 0 aromatic rings. The SMILES string of the molecule is CC(NC(=O)NCC1(C(=O)O)CCCCCC1)C1CC1. The highest BCUT2D eigenvalue weighted by atomic mass is 16.4. The summed E-state index contributed by atoms with van der Waals surface area (Å²) < 4.78 is 0. The van der Waals surface area contributed by atoms with Gasteiger partial charge in [-0.05, 0) is 38.5 Å². The van der Waals surface area contributed by atoms with Crippen LogP contribution in [0.2, 0.25) is 0 Å². The summed E-state index contributed by atoms with van der Waals surface area (Å²) >= 11 is 0. The van der Waals surface area contributed by atoms with Crippen LogP contribution in [0.25, 0.3) is 0 Å². The summed E-state index contributed by atoms with van der Waals surface area (Å²) in [5.74, 6) is -0.165. The van der Waals surface area contributed by atoms with Gasteiger partial charge in [-0.1, -0.05) is 25.7 Å². The molecule has 1 atom stereocenters. The molecule has 114 valence electrons. The van der Waals surface area contributed by atoms with E-state index < -0.39 is 11.4 Å². The molecule has 1 unspecified atom stereocenters. The lowest BCUT2D eigenvalue weighted by atomic mass is 9.80. The van der Waals surface area contributed by atoms with Crippen LogP contribution in [0.5, 0.6) is 0 Å². The fourth-order valence-corrected chi connectivity index (χ4v) is 3.09. The number of hydrogen-bond donors (Lipinski definition) is 3. The predicted octanol–water partition coefficient (Wildman–Crippen LogP) is 2.51. The summed E-state index contributed by atoms with van der Waals surface area (Å²) in [6.07, 6.45) is 7.77. The first-order valence-corrected chi connectivity index (χ1v) is 7.81. The number of nitrogens with one attached hydrogen (secondary N) is 2. The van der Waals surface area contributed by atoms with Gasteiger partial charge in [0.25, 0.3) is 0 Å². The molecule has 0 saturated heterocycles. The molecule has 3 N–H and O–H groups in total. The highest BCUT2D eigenvalue weighted by Crippen LogP contribution is 2.35. The van der Waals surface area contributed by atoms with Gasteiger partial charge in [0, 0.05) is 12.6 Å². The zero-order valence-corrected chi connectivity index (χ0v) is 12.3. The summed E-state index contributed by atoms with van der Waals surface area (Å²) in [4.78, 5) is 23.5. The van der Waals surface area contributed by atoms with Gasteiger partial charge < -0.3 is 15.7 Å². The van der Waals surface area contributed by atoms with E-state index in [2.05, 4.69) is 10.6 Å². The van der Waals surface area contributed by atoms with Crippen LogP contribution in [-0.2, 0) is 4.79 Å². The largest absolute Gasteiger partial charge is 0.481 e. The average Bonchev–Trinajstić information content (AvgIpc) is 3.23. The van der Waals surface area contributed by atoms with Gasteiger partial charge in [0.05, 0.1) is 5.41 Å². The first kappa shape index (κ1) is 15.1. The van der Waals surface area contributed by atoms with E-state index in [0.29, 0.717) is 18.8 Å². The number of amides is 2. The van der Waals surface area contributed by atoms with E-state index in [1.54, 1.807) is 0 Å². The van der Waals surface area contributed by atoms with E-state index >= 15 is 0 Å². The Labute approximate surface area is 120 Å². The van der Waals surface area contributed by atoms with Crippen LogP contribution in [-0.4, -0.2) is 29.7 Å². The minimum absolute atomic E-state index is 0.185. The van der Waals surface area contributed by atoms with Crippen molar-refractivity contribution in [2.24, 2.45) is 11.3 Å². The molecule has 2 rings (SSSR count). The lowest BCUT2D eigenvalue weighted by molar-refractivity contribution is -0.149. The third-order valence-electron chi connectivity index (χ3n) is 4.79. The molecule has 0 bridgehead atoms. The second-order valence-corrected chi connectivity index (χ2v) is 6.45. The van der Waals surface area contributed by atoms with Crippen LogP contribution in [0.3, 0.4) is 0 Å². The van der Waals surface area contributed by atoms with E-state index in [0.717, 1.165) is 25.7 Å². The fraction of sp³-hybridized carbons (Fsp3) is 0.867. The number of carboxylic acid groups (broad SMARTS) is 1. The molecule has 2 saturated carbocycles. The predicted molar refractivity (Wildman–Crippen MR) is 76.5 cm³/mol. The van der Waals surface area contributed by atoms with Gasteiger partial charge in [0.1, 0.15) is 0 Å². The van der Waals surface area contributed by atoms with Crippen molar-refractivity contribution in [1.82, 2.24) is 10.6 Å². The Kier molecular flexibility index (Phi) is 4.89. The van der Waals surface area contributed by atoms with Gasteiger partial charge in [-0.3, -0.25) is 4.79 Å². The number of carbonyl (C=O) groups is 2. The molecule has 0 aromatic carbocycles. The standard InChI is InChI=1S/C15H26N2O3/c1-11(12-6-7-12)17-14(20)16-10-15(13(18)19)8-4-2-3-5-9-15/h11-12H,2-10H2,1H3,(H,18,19)(H2,16,17,20). The molecule has 0 heterocycles. The molecule has 2 aliphatic carbocycles. The summed E-state index contributed by atoms with van der Waals surface area (Å²) in [5, 5.41) is 15.2. The highest BCUT2D eigenvalue weighted by molar-refractivity contribution is 5.78. The zero-order valence-electron chi connectivity index (χ0n) is 12.3. The maximum absolute atomic E-state index is 11.9. The van der Waals surface area contributed by atoms with Crippen molar-refractivity contribution in [1.29, 1.82) is 0 Å². The minimum atomic E-state index is -0.769. The molecule has 0 aromatic heterocycles. The van der Waals surface area contributed by atoms with Gasteiger partial charge in [-0.25, -0.2) is 4.79 Å². The molecule has 5 heteroatoms. The Bertz CT molecular complexity index is 358. The smallest absolute Gasteiger partial charge is 0.315 e.